The molecule has 0 unspecified atom stereocenters. The number of carbonyl (C=O) groups excluding carboxylic acids is 1. The Bertz CT molecular complexity index is 631. The maximum atomic E-state index is 12.3. The summed E-state index contributed by atoms with van der Waals surface area (Å²) in [6, 6.07) is 18.5. The van der Waals surface area contributed by atoms with E-state index in [1.54, 1.807) is 0 Å². The Morgan fingerprint density at radius 2 is 1.35 bits per heavy atom. The van der Waals surface area contributed by atoms with Gasteiger partial charge >= 0.3 is 0 Å². The van der Waals surface area contributed by atoms with Crippen molar-refractivity contribution in [1.82, 2.24) is 4.90 Å². The van der Waals surface area contributed by atoms with Crippen molar-refractivity contribution in [2.24, 2.45) is 0 Å². The van der Waals surface area contributed by atoms with Crippen LogP contribution in [0.3, 0.4) is 0 Å². The Morgan fingerprint density at radius 1 is 0.731 bits per heavy atom. The summed E-state index contributed by atoms with van der Waals surface area (Å²) in [5.74, 6) is 0.237. The SMILES string of the molecule is CN(C)CCCCCCCc1ccc(C(=O)CCc2ccccc2)cc1. The minimum atomic E-state index is 0.237. The molecule has 0 N–H and O–H groups in total. The molecule has 0 aliphatic heterocycles. The molecular formula is C24H33NO. The van der Waals surface area contributed by atoms with Crippen LogP contribution in [0, 0.1) is 0 Å². The van der Waals surface area contributed by atoms with Gasteiger partial charge in [0.15, 0.2) is 5.78 Å². The van der Waals surface area contributed by atoms with Crippen LogP contribution in [0.1, 0.15) is 60.0 Å². The normalized spacial score (nSPS) is 11.0. The zero-order valence-electron chi connectivity index (χ0n) is 16.4. The number of hydrogen-bond acceptors (Lipinski definition) is 2. The number of unbranched alkanes of at least 4 members (excludes halogenated alkanes) is 4. The fourth-order valence-electron chi connectivity index (χ4n) is 3.19. The molecule has 0 bridgehead atoms. The maximum absolute atomic E-state index is 12.3. The molecule has 0 aromatic heterocycles. The molecule has 140 valence electrons. The van der Waals surface area contributed by atoms with E-state index in [9.17, 15) is 4.79 Å². The van der Waals surface area contributed by atoms with E-state index in [2.05, 4.69) is 43.3 Å². The molecule has 0 saturated carbocycles. The molecule has 0 radical (unpaired) electrons. The van der Waals surface area contributed by atoms with Crippen molar-refractivity contribution in [2.75, 3.05) is 20.6 Å². The van der Waals surface area contributed by atoms with Crippen molar-refractivity contribution < 1.29 is 4.79 Å². The third kappa shape index (κ3) is 7.97. The van der Waals surface area contributed by atoms with Crippen LogP contribution >= 0.6 is 0 Å². The fourth-order valence-corrected chi connectivity index (χ4v) is 3.19. The van der Waals surface area contributed by atoms with Gasteiger partial charge in [0.2, 0.25) is 0 Å². The Balaban J connectivity index is 1.65. The average Bonchev–Trinajstić information content (AvgIpc) is 2.66. The van der Waals surface area contributed by atoms with Gasteiger partial charge in [0.05, 0.1) is 0 Å². The maximum Gasteiger partial charge on any atom is 0.163 e. The Kier molecular flexibility index (Phi) is 9.13. The smallest absolute Gasteiger partial charge is 0.163 e. The van der Waals surface area contributed by atoms with Crippen molar-refractivity contribution in [1.29, 1.82) is 0 Å². The molecule has 0 aliphatic rings. The molecule has 0 heterocycles. The fraction of sp³-hybridized carbons (Fsp3) is 0.458. The van der Waals surface area contributed by atoms with Crippen molar-refractivity contribution in [2.45, 2.75) is 51.4 Å². The quantitative estimate of drug-likeness (QED) is 0.369. The zero-order valence-corrected chi connectivity index (χ0v) is 16.4. The second-order valence-electron chi connectivity index (χ2n) is 7.43. The van der Waals surface area contributed by atoms with Gasteiger partial charge in [-0.15, -0.1) is 0 Å². The molecule has 0 spiro atoms. The summed E-state index contributed by atoms with van der Waals surface area (Å²) in [7, 11) is 4.27. The van der Waals surface area contributed by atoms with Gasteiger partial charge in [0.1, 0.15) is 0 Å². The van der Waals surface area contributed by atoms with Gasteiger partial charge in [0.25, 0.3) is 0 Å². The van der Waals surface area contributed by atoms with E-state index in [4.69, 9.17) is 0 Å². The highest BCUT2D eigenvalue weighted by Crippen LogP contribution is 2.13. The molecule has 26 heavy (non-hydrogen) atoms. The Labute approximate surface area is 159 Å². The van der Waals surface area contributed by atoms with Crippen molar-refractivity contribution >= 4 is 5.78 Å². The summed E-state index contributed by atoms with van der Waals surface area (Å²) in [6.45, 7) is 1.19. The first-order valence-corrected chi connectivity index (χ1v) is 9.96. The second kappa shape index (κ2) is 11.6. The van der Waals surface area contributed by atoms with E-state index in [0.29, 0.717) is 6.42 Å². The van der Waals surface area contributed by atoms with Gasteiger partial charge < -0.3 is 4.90 Å². The van der Waals surface area contributed by atoms with E-state index in [1.165, 1.54) is 49.8 Å². The van der Waals surface area contributed by atoms with Crippen molar-refractivity contribution in [3.05, 3.63) is 71.3 Å². The molecule has 0 atom stereocenters. The van der Waals surface area contributed by atoms with Gasteiger partial charge in [-0.3, -0.25) is 4.79 Å². The predicted octanol–water partition coefficient (Wildman–Crippen LogP) is 5.56. The van der Waals surface area contributed by atoms with Crippen LogP contribution in [0.25, 0.3) is 0 Å². The molecule has 0 amide bonds. The van der Waals surface area contributed by atoms with Crippen LogP contribution in [-0.4, -0.2) is 31.3 Å². The lowest BCUT2D eigenvalue weighted by Gasteiger charge is -2.08. The Morgan fingerprint density at radius 3 is 2.04 bits per heavy atom. The lowest BCUT2D eigenvalue weighted by Crippen LogP contribution is -2.12. The van der Waals surface area contributed by atoms with Gasteiger partial charge in [-0.05, 0) is 57.5 Å². The summed E-state index contributed by atoms with van der Waals surface area (Å²) in [5, 5.41) is 0. The number of rotatable bonds is 12. The molecule has 0 fully saturated rings. The third-order valence-corrected chi connectivity index (χ3v) is 4.83. The van der Waals surface area contributed by atoms with E-state index < -0.39 is 0 Å². The number of aryl methyl sites for hydroxylation is 2. The lowest BCUT2D eigenvalue weighted by atomic mass is 10.00. The minimum absolute atomic E-state index is 0.237. The molecule has 2 nitrogen and oxygen atoms in total. The van der Waals surface area contributed by atoms with E-state index >= 15 is 0 Å². The second-order valence-corrected chi connectivity index (χ2v) is 7.43. The summed E-state index contributed by atoms with van der Waals surface area (Å²) in [5.41, 5.74) is 3.41. The summed E-state index contributed by atoms with van der Waals surface area (Å²) in [6.07, 6.45) is 9.00. The number of nitrogens with zero attached hydrogens (tertiary/aromatic N) is 1. The monoisotopic (exact) mass is 351 g/mol. The number of carbonyl (C=O) groups is 1. The molecule has 2 rings (SSSR count). The first kappa shape index (κ1) is 20.4. The topological polar surface area (TPSA) is 20.3 Å². The van der Waals surface area contributed by atoms with E-state index in [0.717, 1.165) is 18.4 Å². The number of Topliss-reactive ketones (excluding diaryl/α,β-unsaturated/α-hetero) is 1. The minimum Gasteiger partial charge on any atom is -0.309 e. The van der Waals surface area contributed by atoms with Gasteiger partial charge in [-0.2, -0.15) is 0 Å². The zero-order chi connectivity index (χ0) is 18.6. The number of ketones is 1. The standard InChI is InChI=1S/C24H33NO/c1-25(2)20-10-5-3-4-7-13-22-14-17-23(18-15-22)24(26)19-16-21-11-8-6-9-12-21/h6,8-9,11-12,14-15,17-18H,3-5,7,10,13,16,19-20H2,1-2H3. The average molecular weight is 352 g/mol. The predicted molar refractivity (Wildman–Crippen MR) is 111 cm³/mol. The van der Waals surface area contributed by atoms with Gasteiger partial charge in [0, 0.05) is 12.0 Å². The molecular weight excluding hydrogens is 318 g/mol. The highest BCUT2D eigenvalue weighted by atomic mass is 16.1. The molecule has 2 heteroatoms. The third-order valence-electron chi connectivity index (χ3n) is 4.83. The van der Waals surface area contributed by atoms with Crippen molar-refractivity contribution in [3.8, 4) is 0 Å². The summed E-state index contributed by atoms with van der Waals surface area (Å²) < 4.78 is 0. The number of hydrogen-bond donors (Lipinski definition) is 0. The van der Waals surface area contributed by atoms with E-state index in [-0.39, 0.29) is 5.78 Å². The largest absolute Gasteiger partial charge is 0.309 e. The highest BCUT2D eigenvalue weighted by molar-refractivity contribution is 5.96. The lowest BCUT2D eigenvalue weighted by molar-refractivity contribution is 0.0983. The summed E-state index contributed by atoms with van der Waals surface area (Å²) in [4.78, 5) is 14.6. The van der Waals surface area contributed by atoms with Crippen LogP contribution in [-0.2, 0) is 12.8 Å². The van der Waals surface area contributed by atoms with Crippen LogP contribution in [0.5, 0.6) is 0 Å². The van der Waals surface area contributed by atoms with Crippen LogP contribution in [0.2, 0.25) is 0 Å². The van der Waals surface area contributed by atoms with Gasteiger partial charge in [-0.1, -0.05) is 73.9 Å². The number of benzene rings is 2. The molecule has 0 aliphatic carbocycles. The highest BCUT2D eigenvalue weighted by Gasteiger charge is 2.06. The Hall–Kier alpha value is -1.93. The molecule has 2 aromatic rings. The van der Waals surface area contributed by atoms with E-state index in [1.807, 2.05) is 30.3 Å². The van der Waals surface area contributed by atoms with Crippen LogP contribution in [0.4, 0.5) is 0 Å². The molecule has 2 aromatic carbocycles. The first-order chi connectivity index (χ1) is 12.6. The summed E-state index contributed by atoms with van der Waals surface area (Å²) >= 11 is 0. The first-order valence-electron chi connectivity index (χ1n) is 9.96. The molecule has 0 saturated heterocycles. The van der Waals surface area contributed by atoms with Crippen LogP contribution in [0.15, 0.2) is 54.6 Å². The van der Waals surface area contributed by atoms with Crippen molar-refractivity contribution in [3.63, 3.8) is 0 Å². The van der Waals surface area contributed by atoms with Gasteiger partial charge in [-0.25, -0.2) is 0 Å². The van der Waals surface area contributed by atoms with Crippen LogP contribution < -0.4 is 0 Å².